The second-order valence-corrected chi connectivity index (χ2v) is 5.40. The molecule has 1 aromatic rings. The van der Waals surface area contributed by atoms with Crippen LogP contribution < -0.4 is 5.32 Å². The first-order chi connectivity index (χ1) is 9.11. The van der Waals surface area contributed by atoms with Gasteiger partial charge in [0.1, 0.15) is 5.82 Å². The van der Waals surface area contributed by atoms with Crippen molar-refractivity contribution < 1.29 is 9.13 Å². The van der Waals surface area contributed by atoms with Gasteiger partial charge in [-0.3, -0.25) is 0 Å². The van der Waals surface area contributed by atoms with Crippen molar-refractivity contribution in [1.29, 1.82) is 0 Å². The molecule has 0 aliphatic rings. The number of hydrogen-bond donors (Lipinski definition) is 1. The zero-order valence-corrected chi connectivity index (χ0v) is 12.3. The highest BCUT2D eigenvalue weighted by molar-refractivity contribution is 5.17. The topological polar surface area (TPSA) is 21.3 Å². The second-order valence-electron chi connectivity index (χ2n) is 5.40. The van der Waals surface area contributed by atoms with E-state index in [-0.39, 0.29) is 5.82 Å². The Morgan fingerprint density at radius 3 is 2.58 bits per heavy atom. The van der Waals surface area contributed by atoms with Crippen LogP contribution in [-0.4, -0.2) is 26.3 Å². The number of rotatable bonds is 9. The first-order valence-electron chi connectivity index (χ1n) is 7.11. The van der Waals surface area contributed by atoms with E-state index in [0.717, 1.165) is 38.0 Å². The third kappa shape index (κ3) is 7.28. The van der Waals surface area contributed by atoms with E-state index < -0.39 is 0 Å². The summed E-state index contributed by atoms with van der Waals surface area (Å²) in [5.41, 5.74) is 1.03. The average molecular weight is 267 g/mol. The highest BCUT2D eigenvalue weighted by Gasteiger charge is 2.08. The molecule has 0 heterocycles. The second kappa shape index (κ2) is 9.05. The predicted octanol–water partition coefficient (Wildman–Crippen LogP) is 3.41. The highest BCUT2D eigenvalue weighted by atomic mass is 19.1. The van der Waals surface area contributed by atoms with Crippen LogP contribution in [0.5, 0.6) is 0 Å². The Morgan fingerprint density at radius 1 is 1.21 bits per heavy atom. The first kappa shape index (κ1) is 16.1. The van der Waals surface area contributed by atoms with Crippen LogP contribution in [0.2, 0.25) is 0 Å². The third-order valence-corrected chi connectivity index (χ3v) is 3.23. The SMILES string of the molecule is CNC(CCOCCC(C)C)Cc1cccc(F)c1. The van der Waals surface area contributed by atoms with Crippen molar-refractivity contribution in [2.24, 2.45) is 5.92 Å². The lowest BCUT2D eigenvalue weighted by atomic mass is 10.0. The first-order valence-corrected chi connectivity index (χ1v) is 7.11. The summed E-state index contributed by atoms with van der Waals surface area (Å²) in [6, 6.07) is 7.14. The normalized spacial score (nSPS) is 12.9. The van der Waals surface area contributed by atoms with Crippen molar-refractivity contribution in [2.75, 3.05) is 20.3 Å². The van der Waals surface area contributed by atoms with Gasteiger partial charge in [-0.1, -0.05) is 26.0 Å². The molecule has 0 aliphatic heterocycles. The number of halogens is 1. The fourth-order valence-corrected chi connectivity index (χ4v) is 1.94. The van der Waals surface area contributed by atoms with Crippen molar-refractivity contribution in [3.05, 3.63) is 35.6 Å². The van der Waals surface area contributed by atoms with Gasteiger partial charge in [-0.15, -0.1) is 0 Å². The van der Waals surface area contributed by atoms with Gasteiger partial charge in [0, 0.05) is 19.3 Å². The molecular formula is C16H26FNO. The van der Waals surface area contributed by atoms with Gasteiger partial charge in [0.2, 0.25) is 0 Å². The molecule has 3 heteroatoms. The van der Waals surface area contributed by atoms with E-state index in [9.17, 15) is 4.39 Å². The Bertz CT molecular complexity index is 354. The average Bonchev–Trinajstić information content (AvgIpc) is 2.36. The van der Waals surface area contributed by atoms with E-state index >= 15 is 0 Å². The maximum Gasteiger partial charge on any atom is 0.123 e. The molecule has 1 N–H and O–H groups in total. The number of ether oxygens (including phenoxy) is 1. The maximum atomic E-state index is 13.1. The molecule has 1 rings (SSSR count). The van der Waals surface area contributed by atoms with Gasteiger partial charge in [0.05, 0.1) is 0 Å². The van der Waals surface area contributed by atoms with Crippen LogP contribution in [0.4, 0.5) is 4.39 Å². The molecule has 0 radical (unpaired) electrons. The summed E-state index contributed by atoms with van der Waals surface area (Å²) in [7, 11) is 1.94. The van der Waals surface area contributed by atoms with Crippen LogP contribution >= 0.6 is 0 Å². The summed E-state index contributed by atoms with van der Waals surface area (Å²) in [5.74, 6) is 0.521. The molecular weight excluding hydrogens is 241 g/mol. The molecule has 0 aromatic heterocycles. The van der Waals surface area contributed by atoms with E-state index in [1.54, 1.807) is 12.1 Å². The molecule has 1 aromatic carbocycles. The van der Waals surface area contributed by atoms with Crippen LogP contribution in [0.15, 0.2) is 24.3 Å². The Balaban J connectivity index is 2.26. The summed E-state index contributed by atoms with van der Waals surface area (Å²) >= 11 is 0. The van der Waals surface area contributed by atoms with E-state index in [1.165, 1.54) is 6.07 Å². The Labute approximate surface area is 116 Å². The van der Waals surface area contributed by atoms with Crippen molar-refractivity contribution in [2.45, 2.75) is 39.2 Å². The molecule has 1 atom stereocenters. The van der Waals surface area contributed by atoms with E-state index in [0.29, 0.717) is 12.0 Å². The molecule has 108 valence electrons. The number of hydrogen-bond acceptors (Lipinski definition) is 2. The van der Waals surface area contributed by atoms with Gasteiger partial charge in [-0.05, 0) is 49.9 Å². The minimum atomic E-state index is -0.166. The lowest BCUT2D eigenvalue weighted by Gasteiger charge is -2.16. The minimum Gasteiger partial charge on any atom is -0.381 e. The molecule has 0 fully saturated rings. The van der Waals surface area contributed by atoms with Crippen LogP contribution in [0, 0.1) is 11.7 Å². The van der Waals surface area contributed by atoms with Gasteiger partial charge in [0.15, 0.2) is 0 Å². The molecule has 0 saturated carbocycles. The summed E-state index contributed by atoms with van der Waals surface area (Å²) in [6.45, 7) is 5.98. The van der Waals surface area contributed by atoms with Crippen LogP contribution in [0.25, 0.3) is 0 Å². The standard InChI is InChI=1S/C16H26FNO/c1-13(2)7-9-19-10-8-16(18-3)12-14-5-4-6-15(17)11-14/h4-6,11,13,16,18H,7-10,12H2,1-3H3. The van der Waals surface area contributed by atoms with Crippen LogP contribution in [0.3, 0.4) is 0 Å². The van der Waals surface area contributed by atoms with E-state index in [2.05, 4.69) is 19.2 Å². The Kier molecular flexibility index (Phi) is 7.68. The van der Waals surface area contributed by atoms with E-state index in [4.69, 9.17) is 4.74 Å². The lowest BCUT2D eigenvalue weighted by molar-refractivity contribution is 0.115. The van der Waals surface area contributed by atoms with Gasteiger partial charge in [-0.25, -0.2) is 4.39 Å². The van der Waals surface area contributed by atoms with Gasteiger partial charge >= 0.3 is 0 Å². The summed E-state index contributed by atoms with van der Waals surface area (Å²) < 4.78 is 18.7. The van der Waals surface area contributed by atoms with Crippen molar-refractivity contribution in [3.63, 3.8) is 0 Å². The van der Waals surface area contributed by atoms with Crippen molar-refractivity contribution in [1.82, 2.24) is 5.32 Å². The zero-order chi connectivity index (χ0) is 14.1. The van der Waals surface area contributed by atoms with Crippen molar-refractivity contribution >= 4 is 0 Å². The number of nitrogens with one attached hydrogen (secondary N) is 1. The third-order valence-electron chi connectivity index (χ3n) is 3.23. The zero-order valence-electron chi connectivity index (χ0n) is 12.3. The minimum absolute atomic E-state index is 0.166. The molecule has 0 aliphatic carbocycles. The molecule has 0 spiro atoms. The summed E-state index contributed by atoms with van der Waals surface area (Å²) in [4.78, 5) is 0. The van der Waals surface area contributed by atoms with Crippen LogP contribution in [0.1, 0.15) is 32.3 Å². The lowest BCUT2D eigenvalue weighted by Crippen LogP contribution is -2.29. The molecule has 2 nitrogen and oxygen atoms in total. The monoisotopic (exact) mass is 267 g/mol. The van der Waals surface area contributed by atoms with Crippen molar-refractivity contribution in [3.8, 4) is 0 Å². The smallest absolute Gasteiger partial charge is 0.123 e. The summed E-state index contributed by atoms with van der Waals surface area (Å²) in [5, 5.41) is 3.27. The number of benzene rings is 1. The van der Waals surface area contributed by atoms with E-state index in [1.807, 2.05) is 13.1 Å². The van der Waals surface area contributed by atoms with Crippen LogP contribution in [-0.2, 0) is 11.2 Å². The molecule has 1 unspecified atom stereocenters. The van der Waals surface area contributed by atoms with Gasteiger partial charge in [0.25, 0.3) is 0 Å². The predicted molar refractivity (Wildman–Crippen MR) is 77.8 cm³/mol. The summed E-state index contributed by atoms with van der Waals surface area (Å²) in [6.07, 6.45) is 2.89. The molecule has 0 bridgehead atoms. The molecule has 19 heavy (non-hydrogen) atoms. The molecule has 0 saturated heterocycles. The van der Waals surface area contributed by atoms with Gasteiger partial charge < -0.3 is 10.1 Å². The highest BCUT2D eigenvalue weighted by Crippen LogP contribution is 2.08. The number of likely N-dealkylation sites (N-methyl/N-ethyl adjacent to an activating group) is 1. The Morgan fingerprint density at radius 2 is 1.95 bits per heavy atom. The quantitative estimate of drug-likeness (QED) is 0.692. The largest absolute Gasteiger partial charge is 0.381 e. The Hall–Kier alpha value is -0.930. The van der Waals surface area contributed by atoms with Gasteiger partial charge in [-0.2, -0.15) is 0 Å². The maximum absolute atomic E-state index is 13.1. The fraction of sp³-hybridized carbons (Fsp3) is 0.625. The molecule has 0 amide bonds. The fourth-order valence-electron chi connectivity index (χ4n) is 1.94.